The van der Waals surface area contributed by atoms with Crippen LogP contribution in [0, 0.1) is 0 Å². The van der Waals surface area contributed by atoms with Crippen LogP contribution in [0.15, 0.2) is 24.3 Å². The first-order valence-corrected chi connectivity index (χ1v) is 12.4. The highest BCUT2D eigenvalue weighted by Crippen LogP contribution is 2.12. The number of nitrogens with two attached hydrogens (primary N) is 2. The molecule has 0 saturated heterocycles. The highest BCUT2D eigenvalue weighted by Gasteiger charge is 2.31. The second-order valence-corrected chi connectivity index (χ2v) is 9.03. The van der Waals surface area contributed by atoms with Crippen LogP contribution in [0.2, 0.25) is 0 Å². The van der Waals surface area contributed by atoms with E-state index >= 15 is 0 Å². The van der Waals surface area contributed by atoms with Crippen LogP contribution in [0.1, 0.15) is 24.8 Å². The van der Waals surface area contributed by atoms with Crippen molar-refractivity contribution in [1.29, 1.82) is 0 Å². The summed E-state index contributed by atoms with van der Waals surface area (Å²) in [7, 11) is 0. The molecule has 10 N–H and O–H groups in total. The van der Waals surface area contributed by atoms with Crippen LogP contribution >= 0.6 is 11.8 Å². The van der Waals surface area contributed by atoms with E-state index in [9.17, 15) is 44.1 Å². The minimum absolute atomic E-state index is 0.0393. The molecule has 204 valence electrons. The van der Waals surface area contributed by atoms with E-state index in [4.69, 9.17) is 11.5 Å². The summed E-state index contributed by atoms with van der Waals surface area (Å²) in [5, 5.41) is 34.9. The molecule has 0 radical (unpaired) electrons. The van der Waals surface area contributed by atoms with Gasteiger partial charge in [-0.2, -0.15) is 11.8 Å². The van der Waals surface area contributed by atoms with E-state index in [1.54, 1.807) is 6.26 Å². The number of aromatic hydroxyl groups is 1. The summed E-state index contributed by atoms with van der Waals surface area (Å²) in [6.45, 7) is 0. The van der Waals surface area contributed by atoms with Gasteiger partial charge in [0.1, 0.15) is 23.9 Å². The number of thioether (sulfide) groups is 1. The molecule has 0 spiro atoms. The molecule has 0 heterocycles. The van der Waals surface area contributed by atoms with E-state index in [-0.39, 0.29) is 18.6 Å². The van der Waals surface area contributed by atoms with E-state index < -0.39 is 72.6 Å². The molecule has 1 aromatic carbocycles. The molecule has 0 aliphatic carbocycles. The summed E-state index contributed by atoms with van der Waals surface area (Å²) in [6, 6.07) is -0.106. The summed E-state index contributed by atoms with van der Waals surface area (Å²) in [5.41, 5.74) is 11.1. The van der Waals surface area contributed by atoms with Crippen LogP contribution in [0.3, 0.4) is 0 Å². The van der Waals surface area contributed by atoms with Gasteiger partial charge < -0.3 is 42.7 Å². The molecule has 0 aliphatic heterocycles. The number of nitrogens with one attached hydrogen (secondary N) is 3. The number of primary amides is 1. The van der Waals surface area contributed by atoms with Crippen LogP contribution < -0.4 is 27.4 Å². The quantitative estimate of drug-likeness (QED) is 0.112. The minimum atomic E-state index is -1.67. The van der Waals surface area contributed by atoms with Crippen molar-refractivity contribution in [1.82, 2.24) is 16.0 Å². The Morgan fingerprint density at radius 1 is 0.865 bits per heavy atom. The number of amides is 4. The number of hydrogen-bond donors (Lipinski definition) is 8. The Balaban J connectivity index is 3.01. The molecular formula is C22H31N5O9S. The monoisotopic (exact) mass is 541 g/mol. The van der Waals surface area contributed by atoms with Gasteiger partial charge in [-0.1, -0.05) is 12.1 Å². The zero-order chi connectivity index (χ0) is 28.1. The van der Waals surface area contributed by atoms with Gasteiger partial charge in [0.25, 0.3) is 0 Å². The molecule has 0 aliphatic rings. The smallest absolute Gasteiger partial charge is 0.326 e. The highest BCUT2D eigenvalue weighted by atomic mass is 32.2. The number of benzene rings is 1. The Bertz CT molecular complexity index is 989. The molecule has 1 rings (SSSR count). The molecule has 0 saturated carbocycles. The Hall–Kier alpha value is -3.85. The van der Waals surface area contributed by atoms with E-state index in [0.29, 0.717) is 11.3 Å². The van der Waals surface area contributed by atoms with Crippen molar-refractivity contribution in [3.05, 3.63) is 29.8 Å². The predicted molar refractivity (Wildman–Crippen MR) is 132 cm³/mol. The molecule has 4 amide bonds. The molecule has 14 nitrogen and oxygen atoms in total. The van der Waals surface area contributed by atoms with E-state index in [1.807, 2.05) is 0 Å². The zero-order valence-corrected chi connectivity index (χ0v) is 20.8. The number of aliphatic carboxylic acids is 2. The molecule has 1 aromatic rings. The summed E-state index contributed by atoms with van der Waals surface area (Å²) in [6.07, 6.45) is 0.315. The Morgan fingerprint density at radius 3 is 1.92 bits per heavy atom. The molecule has 0 bridgehead atoms. The SMILES string of the molecule is CSCCC(NC(=O)C(N)CC(N)=O)C(=O)NC(CC(=O)O)C(=O)NC(Cc1ccc(O)cc1)C(=O)O. The first kappa shape index (κ1) is 31.2. The lowest BCUT2D eigenvalue weighted by molar-refractivity contribution is -0.143. The van der Waals surface area contributed by atoms with Crippen molar-refractivity contribution in [3.8, 4) is 5.75 Å². The topological polar surface area (TPSA) is 251 Å². The maximum atomic E-state index is 12.9. The first-order chi connectivity index (χ1) is 17.3. The lowest BCUT2D eigenvalue weighted by Crippen LogP contribution is -2.58. The van der Waals surface area contributed by atoms with Crippen LogP contribution in [0.4, 0.5) is 0 Å². The van der Waals surface area contributed by atoms with E-state index in [0.717, 1.165) is 0 Å². The number of carbonyl (C=O) groups is 6. The molecule has 37 heavy (non-hydrogen) atoms. The van der Waals surface area contributed by atoms with Gasteiger partial charge in [0.05, 0.1) is 18.9 Å². The normalized spacial score (nSPS) is 13.9. The Morgan fingerprint density at radius 2 is 1.41 bits per heavy atom. The molecule has 4 atom stereocenters. The molecular weight excluding hydrogens is 510 g/mol. The fourth-order valence-corrected chi connectivity index (χ4v) is 3.56. The standard InChI is InChI=1S/C22H31N5O9S/c1-37-7-6-14(25-19(32)13(23)9-17(24)29)20(33)26-15(10-18(30)31)21(34)27-16(22(35)36)8-11-2-4-12(28)5-3-11/h2-5,13-16,28H,6-10,23H2,1H3,(H2,24,29)(H,25,32)(H,26,33)(H,27,34)(H,30,31)(H,35,36). The van der Waals surface area contributed by atoms with Crippen LogP contribution in [-0.2, 0) is 35.2 Å². The Labute approximate surface area is 216 Å². The second-order valence-electron chi connectivity index (χ2n) is 8.05. The second kappa shape index (κ2) is 15.3. The summed E-state index contributed by atoms with van der Waals surface area (Å²) in [5.74, 6) is -6.14. The average molecular weight is 542 g/mol. The van der Waals surface area contributed by atoms with Crippen molar-refractivity contribution in [2.24, 2.45) is 11.5 Å². The summed E-state index contributed by atoms with van der Waals surface area (Å²) >= 11 is 1.35. The highest BCUT2D eigenvalue weighted by molar-refractivity contribution is 7.98. The molecule has 15 heteroatoms. The molecule has 0 aromatic heterocycles. The van der Waals surface area contributed by atoms with Crippen LogP contribution in [-0.4, -0.2) is 87.1 Å². The fourth-order valence-electron chi connectivity index (χ4n) is 3.09. The maximum Gasteiger partial charge on any atom is 0.326 e. The third-order valence-electron chi connectivity index (χ3n) is 5.00. The van der Waals surface area contributed by atoms with Gasteiger partial charge in [-0.3, -0.25) is 24.0 Å². The first-order valence-electron chi connectivity index (χ1n) is 11.0. The minimum Gasteiger partial charge on any atom is -0.508 e. The van der Waals surface area contributed by atoms with Crippen molar-refractivity contribution in [2.45, 2.75) is 49.9 Å². The van der Waals surface area contributed by atoms with Crippen molar-refractivity contribution in [3.63, 3.8) is 0 Å². The van der Waals surface area contributed by atoms with Crippen molar-refractivity contribution < 1.29 is 44.1 Å². The summed E-state index contributed by atoms with van der Waals surface area (Å²) in [4.78, 5) is 72.0. The largest absolute Gasteiger partial charge is 0.508 e. The van der Waals surface area contributed by atoms with E-state index in [1.165, 1.54) is 36.0 Å². The van der Waals surface area contributed by atoms with E-state index in [2.05, 4.69) is 16.0 Å². The molecule has 4 unspecified atom stereocenters. The fraction of sp³-hybridized carbons (Fsp3) is 0.455. The average Bonchev–Trinajstić information content (AvgIpc) is 2.81. The maximum absolute atomic E-state index is 12.9. The van der Waals surface area contributed by atoms with Crippen LogP contribution in [0.5, 0.6) is 5.75 Å². The van der Waals surface area contributed by atoms with Gasteiger partial charge in [-0.15, -0.1) is 0 Å². The number of rotatable bonds is 16. The zero-order valence-electron chi connectivity index (χ0n) is 20.0. The van der Waals surface area contributed by atoms with Gasteiger partial charge in [0.2, 0.25) is 23.6 Å². The van der Waals surface area contributed by atoms with Gasteiger partial charge in [0, 0.05) is 6.42 Å². The van der Waals surface area contributed by atoms with Gasteiger partial charge in [-0.05, 0) is 36.1 Å². The predicted octanol–water partition coefficient (Wildman–Crippen LogP) is -2.10. The number of carboxylic acids is 2. The third-order valence-corrected chi connectivity index (χ3v) is 5.65. The molecule has 0 fully saturated rings. The van der Waals surface area contributed by atoms with Crippen molar-refractivity contribution in [2.75, 3.05) is 12.0 Å². The lowest BCUT2D eigenvalue weighted by Gasteiger charge is -2.24. The summed E-state index contributed by atoms with van der Waals surface area (Å²) < 4.78 is 0. The Kier molecular flexibility index (Phi) is 12.9. The van der Waals surface area contributed by atoms with Crippen molar-refractivity contribution >= 4 is 47.3 Å². The third kappa shape index (κ3) is 11.6. The lowest BCUT2D eigenvalue weighted by atomic mass is 10.0. The van der Waals surface area contributed by atoms with Gasteiger partial charge in [-0.25, -0.2) is 4.79 Å². The number of phenolic OH excluding ortho intramolecular Hbond substituents is 1. The number of carboxylic acid groups (broad SMARTS) is 2. The number of hydrogen-bond acceptors (Lipinski definition) is 9. The van der Waals surface area contributed by atoms with Gasteiger partial charge in [0.15, 0.2) is 0 Å². The van der Waals surface area contributed by atoms with Gasteiger partial charge >= 0.3 is 11.9 Å². The number of carbonyl (C=O) groups excluding carboxylic acids is 4. The number of phenols is 1. The van der Waals surface area contributed by atoms with Crippen LogP contribution in [0.25, 0.3) is 0 Å².